The molecular weight excluding hydrogens is 238 g/mol. The Morgan fingerprint density at radius 2 is 2.41 bits per heavy atom. The molecule has 0 spiro atoms. The van der Waals surface area contributed by atoms with Crippen LogP contribution < -0.4 is 4.90 Å². The predicted octanol–water partition coefficient (Wildman–Crippen LogP) is 1.93. The van der Waals surface area contributed by atoms with Crippen molar-refractivity contribution in [3.05, 3.63) is 5.82 Å². The molecule has 0 aliphatic carbocycles. The highest BCUT2D eigenvalue weighted by molar-refractivity contribution is 7.09. The average Bonchev–Trinajstić information content (AvgIpc) is 2.76. The van der Waals surface area contributed by atoms with Crippen molar-refractivity contribution < 1.29 is 9.90 Å². The molecular formula is C11H17N3O2S. The number of aliphatic carboxylic acids is 1. The first kappa shape index (κ1) is 12.3. The van der Waals surface area contributed by atoms with E-state index in [0.29, 0.717) is 13.0 Å². The molecule has 1 N–H and O–H groups in total. The van der Waals surface area contributed by atoms with Crippen LogP contribution in [-0.4, -0.2) is 33.5 Å². The first-order valence-corrected chi connectivity index (χ1v) is 6.63. The van der Waals surface area contributed by atoms with Gasteiger partial charge in [0, 0.05) is 24.6 Å². The highest BCUT2D eigenvalue weighted by Crippen LogP contribution is 2.36. The summed E-state index contributed by atoms with van der Waals surface area (Å²) in [5, 5.41) is 10.2. The number of aryl methyl sites for hydroxylation is 1. The van der Waals surface area contributed by atoms with E-state index in [1.54, 1.807) is 0 Å². The van der Waals surface area contributed by atoms with Gasteiger partial charge in [-0.15, -0.1) is 0 Å². The smallest absolute Gasteiger partial charge is 0.311 e. The lowest BCUT2D eigenvalue weighted by Gasteiger charge is -2.39. The average molecular weight is 255 g/mol. The number of hydrogen-bond donors (Lipinski definition) is 1. The number of carboxylic acids is 1. The number of hydrogen-bond acceptors (Lipinski definition) is 5. The fourth-order valence-electron chi connectivity index (χ4n) is 2.32. The quantitative estimate of drug-likeness (QED) is 0.894. The maximum absolute atomic E-state index is 11.4. The molecule has 1 aromatic rings. The van der Waals surface area contributed by atoms with Crippen LogP contribution in [0.4, 0.5) is 5.13 Å². The molecule has 0 radical (unpaired) electrons. The Hall–Kier alpha value is -1.17. The van der Waals surface area contributed by atoms with Crippen LogP contribution in [-0.2, 0) is 4.79 Å². The molecule has 1 atom stereocenters. The molecule has 5 nitrogen and oxygen atoms in total. The first-order chi connectivity index (χ1) is 8.07. The zero-order chi connectivity index (χ0) is 12.5. The molecule has 0 amide bonds. The van der Waals surface area contributed by atoms with Crippen molar-refractivity contribution in [2.24, 2.45) is 5.41 Å². The second-order valence-electron chi connectivity index (χ2n) is 4.59. The van der Waals surface area contributed by atoms with Crippen LogP contribution in [0.2, 0.25) is 0 Å². The summed E-state index contributed by atoms with van der Waals surface area (Å²) in [5.74, 6) is 0.0685. The van der Waals surface area contributed by atoms with Gasteiger partial charge in [-0.25, -0.2) is 4.98 Å². The van der Waals surface area contributed by atoms with Gasteiger partial charge in [0.05, 0.1) is 5.41 Å². The van der Waals surface area contributed by atoms with Gasteiger partial charge < -0.3 is 10.0 Å². The van der Waals surface area contributed by atoms with E-state index in [1.165, 1.54) is 11.5 Å². The number of piperidine rings is 1. The van der Waals surface area contributed by atoms with Gasteiger partial charge >= 0.3 is 5.97 Å². The largest absolute Gasteiger partial charge is 0.481 e. The number of anilines is 1. The zero-order valence-corrected chi connectivity index (χ0v) is 11.0. The molecule has 0 aromatic carbocycles. The second-order valence-corrected chi connectivity index (χ2v) is 5.32. The third-order valence-corrected chi connectivity index (χ3v) is 4.36. The minimum absolute atomic E-state index is 0.549. The van der Waals surface area contributed by atoms with Crippen molar-refractivity contribution in [2.75, 3.05) is 18.0 Å². The second kappa shape index (κ2) is 4.60. The standard InChI is InChI=1S/C11H17N3O2S/c1-3-11(9(15)16)5-4-6-14(7-11)10-12-8(2)13-17-10/h3-7H2,1-2H3,(H,15,16). The molecule has 94 valence electrons. The van der Waals surface area contributed by atoms with Crippen molar-refractivity contribution in [1.82, 2.24) is 9.36 Å². The normalized spacial score (nSPS) is 24.9. The molecule has 2 rings (SSSR count). The van der Waals surface area contributed by atoms with Crippen LogP contribution in [0.25, 0.3) is 0 Å². The lowest BCUT2D eigenvalue weighted by atomic mass is 9.78. The van der Waals surface area contributed by atoms with Crippen LogP contribution in [0.3, 0.4) is 0 Å². The van der Waals surface area contributed by atoms with E-state index >= 15 is 0 Å². The van der Waals surface area contributed by atoms with Gasteiger partial charge in [0.1, 0.15) is 5.82 Å². The van der Waals surface area contributed by atoms with Crippen LogP contribution in [0.5, 0.6) is 0 Å². The molecule has 17 heavy (non-hydrogen) atoms. The molecule has 1 saturated heterocycles. The molecule has 0 bridgehead atoms. The number of nitrogens with zero attached hydrogens (tertiary/aromatic N) is 3. The Labute approximate surface area is 105 Å². The summed E-state index contributed by atoms with van der Waals surface area (Å²) in [6, 6.07) is 0. The lowest BCUT2D eigenvalue weighted by Crippen LogP contribution is -2.47. The van der Waals surface area contributed by atoms with E-state index in [0.717, 1.165) is 30.3 Å². The maximum atomic E-state index is 11.4. The summed E-state index contributed by atoms with van der Waals surface area (Å²) in [6.07, 6.45) is 2.32. The number of carbonyl (C=O) groups is 1. The van der Waals surface area contributed by atoms with Gasteiger partial charge in [-0.2, -0.15) is 4.37 Å². The first-order valence-electron chi connectivity index (χ1n) is 5.86. The van der Waals surface area contributed by atoms with E-state index in [4.69, 9.17) is 0 Å². The summed E-state index contributed by atoms with van der Waals surface area (Å²) in [4.78, 5) is 17.8. The highest BCUT2D eigenvalue weighted by Gasteiger charge is 2.41. The van der Waals surface area contributed by atoms with Crippen LogP contribution >= 0.6 is 11.5 Å². The molecule has 1 aliphatic rings. The fraction of sp³-hybridized carbons (Fsp3) is 0.727. The Morgan fingerprint density at radius 3 is 2.94 bits per heavy atom. The van der Waals surface area contributed by atoms with Gasteiger partial charge in [0.15, 0.2) is 0 Å². The van der Waals surface area contributed by atoms with Crippen molar-refractivity contribution in [1.29, 1.82) is 0 Å². The van der Waals surface area contributed by atoms with E-state index in [-0.39, 0.29) is 0 Å². The molecule has 2 heterocycles. The van der Waals surface area contributed by atoms with Gasteiger partial charge in [-0.3, -0.25) is 4.79 Å². The van der Waals surface area contributed by atoms with E-state index in [9.17, 15) is 9.90 Å². The number of aromatic nitrogens is 2. The topological polar surface area (TPSA) is 66.3 Å². The monoisotopic (exact) mass is 255 g/mol. The van der Waals surface area contributed by atoms with Crippen molar-refractivity contribution in [2.45, 2.75) is 33.1 Å². The molecule has 1 aliphatic heterocycles. The van der Waals surface area contributed by atoms with Crippen LogP contribution in [0.15, 0.2) is 0 Å². The molecule has 1 unspecified atom stereocenters. The third-order valence-electron chi connectivity index (χ3n) is 3.49. The number of rotatable bonds is 3. The Morgan fingerprint density at radius 1 is 1.65 bits per heavy atom. The van der Waals surface area contributed by atoms with Gasteiger partial charge in [-0.05, 0) is 26.2 Å². The summed E-state index contributed by atoms with van der Waals surface area (Å²) in [6.45, 7) is 5.23. The summed E-state index contributed by atoms with van der Waals surface area (Å²) in [5.41, 5.74) is -0.613. The van der Waals surface area contributed by atoms with E-state index < -0.39 is 11.4 Å². The van der Waals surface area contributed by atoms with Gasteiger partial charge in [0.2, 0.25) is 5.13 Å². The Kier molecular flexibility index (Phi) is 3.33. The summed E-state index contributed by atoms with van der Waals surface area (Å²) >= 11 is 1.35. The SMILES string of the molecule is CCC1(C(=O)O)CCCN(c2nc(C)ns2)C1. The van der Waals surface area contributed by atoms with E-state index in [2.05, 4.69) is 14.3 Å². The van der Waals surface area contributed by atoms with Crippen molar-refractivity contribution >= 4 is 22.6 Å². The molecule has 1 fully saturated rings. The zero-order valence-electron chi connectivity index (χ0n) is 10.1. The fourth-order valence-corrected chi connectivity index (χ4v) is 3.02. The minimum Gasteiger partial charge on any atom is -0.481 e. The third kappa shape index (κ3) is 2.26. The van der Waals surface area contributed by atoms with Gasteiger partial charge in [0.25, 0.3) is 0 Å². The van der Waals surface area contributed by atoms with Crippen molar-refractivity contribution in [3.63, 3.8) is 0 Å². The predicted molar refractivity (Wildman–Crippen MR) is 66.5 cm³/mol. The minimum atomic E-state index is -0.689. The van der Waals surface area contributed by atoms with Crippen molar-refractivity contribution in [3.8, 4) is 0 Å². The number of carboxylic acid groups (broad SMARTS) is 1. The van der Waals surface area contributed by atoms with E-state index in [1.807, 2.05) is 13.8 Å². The highest BCUT2D eigenvalue weighted by atomic mass is 32.1. The van der Waals surface area contributed by atoms with Crippen LogP contribution in [0, 0.1) is 12.3 Å². The molecule has 1 aromatic heterocycles. The Bertz CT molecular complexity index is 421. The lowest BCUT2D eigenvalue weighted by molar-refractivity contribution is -0.149. The molecule has 0 saturated carbocycles. The van der Waals surface area contributed by atoms with Crippen LogP contribution in [0.1, 0.15) is 32.0 Å². The van der Waals surface area contributed by atoms with Gasteiger partial charge in [-0.1, -0.05) is 6.92 Å². The maximum Gasteiger partial charge on any atom is 0.311 e. The molecule has 6 heteroatoms. The summed E-state index contributed by atoms with van der Waals surface area (Å²) in [7, 11) is 0. The Balaban J connectivity index is 2.19. The summed E-state index contributed by atoms with van der Waals surface area (Å²) < 4.78 is 4.15.